The molecule has 1 unspecified atom stereocenters. The van der Waals surface area contributed by atoms with Crippen LogP contribution in [0.3, 0.4) is 0 Å². The Morgan fingerprint density at radius 3 is 2.56 bits per heavy atom. The highest BCUT2D eigenvalue weighted by Crippen LogP contribution is 2.21. The lowest BCUT2D eigenvalue weighted by Crippen LogP contribution is -2.56. The van der Waals surface area contributed by atoms with Gasteiger partial charge in [-0.3, -0.25) is 0 Å². The smallest absolute Gasteiger partial charge is 0.408 e. The average molecular weight is 280 g/mol. The first kappa shape index (κ1) is 15.0. The molecule has 1 rings (SSSR count). The fourth-order valence-corrected chi connectivity index (χ4v) is 1.66. The first-order chi connectivity index (χ1) is 8.29. The third-order valence-corrected chi connectivity index (χ3v) is 2.45. The second-order valence-electron chi connectivity index (χ2n) is 5.05. The van der Waals surface area contributed by atoms with Gasteiger partial charge in [-0.2, -0.15) is 0 Å². The van der Waals surface area contributed by atoms with Crippen LogP contribution in [0.5, 0.6) is 0 Å². The molecule has 7 heteroatoms. The van der Waals surface area contributed by atoms with Crippen molar-refractivity contribution < 1.29 is 23.8 Å². The van der Waals surface area contributed by atoms with Crippen molar-refractivity contribution in [3.63, 3.8) is 0 Å². The molecule has 0 spiro atoms. The zero-order valence-electron chi connectivity index (χ0n) is 10.7. The summed E-state index contributed by atoms with van der Waals surface area (Å²) in [4.78, 5) is 23.5. The van der Waals surface area contributed by atoms with E-state index in [-0.39, 0.29) is 12.7 Å². The lowest BCUT2D eigenvalue weighted by Gasteiger charge is -2.28. The van der Waals surface area contributed by atoms with Crippen LogP contribution in [0.15, 0.2) is 0 Å². The molecular weight excluding hydrogens is 262 g/mol. The number of carbonyl (C=O) groups excluding carboxylic acids is 2. The summed E-state index contributed by atoms with van der Waals surface area (Å²) >= 11 is 5.35. The SMILES string of the molecule is CC(C)(C)OC(=O)NC1(C(=O)OCCl)CCOC1. The van der Waals surface area contributed by atoms with E-state index in [1.807, 2.05) is 0 Å². The van der Waals surface area contributed by atoms with Gasteiger partial charge in [-0.15, -0.1) is 0 Å². The van der Waals surface area contributed by atoms with Crippen LogP contribution in [0, 0.1) is 0 Å². The largest absolute Gasteiger partial charge is 0.448 e. The molecular formula is C11H18ClNO5. The van der Waals surface area contributed by atoms with Crippen LogP contribution in [0.2, 0.25) is 0 Å². The Labute approximate surface area is 111 Å². The van der Waals surface area contributed by atoms with Crippen molar-refractivity contribution in [2.75, 3.05) is 19.3 Å². The number of esters is 1. The minimum atomic E-state index is -1.20. The van der Waals surface area contributed by atoms with Gasteiger partial charge in [-0.05, 0) is 20.8 Å². The number of alkyl halides is 1. The lowest BCUT2D eigenvalue weighted by molar-refractivity contribution is -0.149. The molecule has 0 aliphatic carbocycles. The zero-order chi connectivity index (χ0) is 13.8. The third-order valence-electron chi connectivity index (χ3n) is 2.34. The summed E-state index contributed by atoms with van der Waals surface area (Å²) in [6, 6.07) is -0.267. The minimum Gasteiger partial charge on any atom is -0.448 e. The highest BCUT2D eigenvalue weighted by atomic mass is 35.5. The van der Waals surface area contributed by atoms with Crippen molar-refractivity contribution >= 4 is 23.7 Å². The van der Waals surface area contributed by atoms with Gasteiger partial charge in [0.1, 0.15) is 5.60 Å². The second kappa shape index (κ2) is 5.75. The van der Waals surface area contributed by atoms with E-state index in [0.29, 0.717) is 13.0 Å². The summed E-state index contributed by atoms with van der Waals surface area (Å²) in [6.07, 6.45) is -0.346. The Morgan fingerprint density at radius 1 is 1.44 bits per heavy atom. The van der Waals surface area contributed by atoms with Crippen molar-refractivity contribution in [3.8, 4) is 0 Å². The molecule has 6 nitrogen and oxygen atoms in total. The number of ether oxygens (including phenoxy) is 3. The van der Waals surface area contributed by atoms with E-state index in [0.717, 1.165) is 0 Å². The summed E-state index contributed by atoms with van der Waals surface area (Å²) in [7, 11) is 0. The summed E-state index contributed by atoms with van der Waals surface area (Å²) in [5.74, 6) is -0.610. The van der Waals surface area contributed by atoms with E-state index in [1.54, 1.807) is 20.8 Å². The molecule has 0 aromatic carbocycles. The molecule has 0 bridgehead atoms. The predicted octanol–water partition coefficient (Wildman–Crippen LogP) is 1.41. The lowest BCUT2D eigenvalue weighted by atomic mass is 9.99. The Hall–Kier alpha value is -1.01. The van der Waals surface area contributed by atoms with Crippen LogP contribution in [0.25, 0.3) is 0 Å². The summed E-state index contributed by atoms with van der Waals surface area (Å²) in [5, 5.41) is 2.51. The molecule has 1 fully saturated rings. The van der Waals surface area contributed by atoms with Gasteiger partial charge in [0.15, 0.2) is 11.6 Å². The van der Waals surface area contributed by atoms with E-state index < -0.39 is 23.2 Å². The van der Waals surface area contributed by atoms with E-state index in [2.05, 4.69) is 5.32 Å². The van der Waals surface area contributed by atoms with Crippen LogP contribution in [0.1, 0.15) is 27.2 Å². The molecule has 0 aromatic heterocycles. The Morgan fingerprint density at radius 2 is 2.11 bits per heavy atom. The molecule has 18 heavy (non-hydrogen) atoms. The van der Waals surface area contributed by atoms with Gasteiger partial charge in [0.2, 0.25) is 0 Å². The highest BCUT2D eigenvalue weighted by molar-refractivity contribution is 6.17. The molecule has 104 valence electrons. The normalized spacial score (nSPS) is 23.6. The maximum atomic E-state index is 11.8. The van der Waals surface area contributed by atoms with Crippen molar-refractivity contribution in [1.29, 1.82) is 0 Å². The van der Waals surface area contributed by atoms with Crippen LogP contribution < -0.4 is 5.32 Å². The van der Waals surface area contributed by atoms with Gasteiger partial charge in [0, 0.05) is 13.0 Å². The summed E-state index contributed by atoms with van der Waals surface area (Å²) in [5.41, 5.74) is -1.83. The van der Waals surface area contributed by atoms with Gasteiger partial charge in [0.25, 0.3) is 0 Å². The Balaban J connectivity index is 2.69. The van der Waals surface area contributed by atoms with Crippen LogP contribution in [-0.2, 0) is 19.0 Å². The number of hydrogen-bond donors (Lipinski definition) is 1. The predicted molar refractivity (Wildman–Crippen MR) is 64.3 cm³/mol. The quantitative estimate of drug-likeness (QED) is 0.624. The maximum absolute atomic E-state index is 11.8. The Bertz CT molecular complexity index is 320. The van der Waals surface area contributed by atoms with Crippen molar-refractivity contribution in [2.24, 2.45) is 0 Å². The molecule has 0 radical (unpaired) electrons. The fraction of sp³-hybridized carbons (Fsp3) is 0.818. The van der Waals surface area contributed by atoms with Crippen molar-refractivity contribution in [3.05, 3.63) is 0 Å². The monoisotopic (exact) mass is 279 g/mol. The van der Waals surface area contributed by atoms with Gasteiger partial charge in [-0.25, -0.2) is 9.59 Å². The molecule has 1 heterocycles. The minimum absolute atomic E-state index is 0.0575. The third kappa shape index (κ3) is 4.03. The van der Waals surface area contributed by atoms with Gasteiger partial charge in [0.05, 0.1) is 6.61 Å². The molecule has 1 N–H and O–H groups in total. The maximum Gasteiger partial charge on any atom is 0.408 e. The number of halogens is 1. The van der Waals surface area contributed by atoms with Crippen LogP contribution in [0.4, 0.5) is 4.79 Å². The molecule has 1 aliphatic rings. The van der Waals surface area contributed by atoms with E-state index in [4.69, 9.17) is 25.8 Å². The molecule has 1 atom stereocenters. The molecule has 1 aliphatic heterocycles. The van der Waals surface area contributed by atoms with E-state index in [1.165, 1.54) is 0 Å². The van der Waals surface area contributed by atoms with Gasteiger partial charge < -0.3 is 19.5 Å². The number of hydrogen-bond acceptors (Lipinski definition) is 5. The van der Waals surface area contributed by atoms with Crippen molar-refractivity contribution in [2.45, 2.75) is 38.3 Å². The highest BCUT2D eigenvalue weighted by Gasteiger charge is 2.46. The molecule has 0 saturated carbocycles. The van der Waals surface area contributed by atoms with Gasteiger partial charge in [-0.1, -0.05) is 11.6 Å². The molecule has 1 saturated heterocycles. The number of carbonyl (C=O) groups is 2. The molecule has 1 amide bonds. The Kier molecular flexibility index (Phi) is 4.81. The molecule has 0 aromatic rings. The van der Waals surface area contributed by atoms with E-state index >= 15 is 0 Å². The number of alkyl carbamates (subject to hydrolysis) is 1. The van der Waals surface area contributed by atoms with Crippen molar-refractivity contribution in [1.82, 2.24) is 5.32 Å². The zero-order valence-corrected chi connectivity index (χ0v) is 11.5. The van der Waals surface area contributed by atoms with Crippen LogP contribution >= 0.6 is 11.6 Å². The summed E-state index contributed by atoms with van der Waals surface area (Å²) < 4.78 is 15.0. The summed E-state index contributed by atoms with van der Waals surface area (Å²) in [6.45, 7) is 5.64. The number of amides is 1. The fourth-order valence-electron chi connectivity index (χ4n) is 1.56. The van der Waals surface area contributed by atoms with Crippen LogP contribution in [-0.4, -0.2) is 42.5 Å². The first-order valence-corrected chi connectivity index (χ1v) is 6.15. The van der Waals surface area contributed by atoms with E-state index in [9.17, 15) is 9.59 Å². The second-order valence-corrected chi connectivity index (χ2v) is 5.27. The first-order valence-electron chi connectivity index (χ1n) is 5.61. The topological polar surface area (TPSA) is 73.9 Å². The number of rotatable bonds is 3. The number of nitrogens with one attached hydrogen (secondary N) is 1. The van der Waals surface area contributed by atoms with Gasteiger partial charge >= 0.3 is 12.1 Å². The standard InChI is InChI=1S/C11H18ClNO5/c1-10(2,3)18-9(15)13-11(4-5-16-6-11)8(14)17-7-12/h4-7H2,1-3H3,(H,13,15). The average Bonchev–Trinajstić information content (AvgIpc) is 2.64.